The molecular formula is C16H32O2. The molecule has 0 aromatic carbocycles. The van der Waals surface area contributed by atoms with Crippen LogP contribution in [0.1, 0.15) is 91.4 Å². The second-order valence-corrected chi connectivity index (χ2v) is 5.56. The highest BCUT2D eigenvalue weighted by Crippen LogP contribution is 2.35. The molecule has 0 unspecified atom stereocenters. The van der Waals surface area contributed by atoms with Crippen LogP contribution >= 0.6 is 0 Å². The van der Waals surface area contributed by atoms with Crippen molar-refractivity contribution in [2.45, 2.75) is 91.4 Å². The first-order valence-electron chi connectivity index (χ1n) is 7.86. The van der Waals surface area contributed by atoms with Crippen molar-refractivity contribution in [2.24, 2.45) is 5.41 Å². The topological polar surface area (TPSA) is 37.3 Å². The molecule has 0 radical (unpaired) electrons. The van der Waals surface area contributed by atoms with Gasteiger partial charge in [0, 0.05) is 0 Å². The molecule has 0 heterocycles. The second kappa shape index (κ2) is 10.4. The lowest BCUT2D eigenvalue weighted by molar-refractivity contribution is -0.150. The van der Waals surface area contributed by atoms with Gasteiger partial charge in [-0.15, -0.1) is 0 Å². The minimum Gasteiger partial charge on any atom is -0.481 e. The molecule has 18 heavy (non-hydrogen) atoms. The molecule has 0 aromatic heterocycles. The van der Waals surface area contributed by atoms with Crippen LogP contribution in [0, 0.1) is 5.41 Å². The molecule has 108 valence electrons. The SMILES string of the molecule is CCCCCCC(CC)(CCCCCC)C(=O)O. The van der Waals surface area contributed by atoms with E-state index in [-0.39, 0.29) is 0 Å². The predicted molar refractivity (Wildman–Crippen MR) is 77.9 cm³/mol. The van der Waals surface area contributed by atoms with Gasteiger partial charge in [0.25, 0.3) is 0 Å². The van der Waals surface area contributed by atoms with Crippen molar-refractivity contribution in [2.75, 3.05) is 0 Å². The van der Waals surface area contributed by atoms with Gasteiger partial charge < -0.3 is 5.11 Å². The molecule has 0 aromatic rings. The van der Waals surface area contributed by atoms with Gasteiger partial charge in [-0.25, -0.2) is 0 Å². The fourth-order valence-electron chi connectivity index (χ4n) is 2.62. The Bertz CT molecular complexity index is 199. The van der Waals surface area contributed by atoms with Crippen molar-refractivity contribution in [3.63, 3.8) is 0 Å². The van der Waals surface area contributed by atoms with Gasteiger partial charge in [-0.2, -0.15) is 0 Å². The number of hydrogen-bond donors (Lipinski definition) is 1. The number of carboxylic acid groups (broad SMARTS) is 1. The molecule has 0 aliphatic carbocycles. The lowest BCUT2D eigenvalue weighted by atomic mass is 9.76. The van der Waals surface area contributed by atoms with Crippen molar-refractivity contribution in [1.29, 1.82) is 0 Å². The van der Waals surface area contributed by atoms with Gasteiger partial charge in [-0.05, 0) is 19.3 Å². The minimum absolute atomic E-state index is 0.443. The van der Waals surface area contributed by atoms with Crippen molar-refractivity contribution < 1.29 is 9.90 Å². The van der Waals surface area contributed by atoms with E-state index in [1.165, 1.54) is 38.5 Å². The molecule has 2 nitrogen and oxygen atoms in total. The molecule has 2 heteroatoms. The zero-order valence-electron chi connectivity index (χ0n) is 12.6. The quantitative estimate of drug-likeness (QED) is 0.474. The zero-order chi connectivity index (χ0) is 13.9. The molecule has 0 atom stereocenters. The Kier molecular flexibility index (Phi) is 10.1. The summed E-state index contributed by atoms with van der Waals surface area (Å²) < 4.78 is 0. The van der Waals surface area contributed by atoms with Crippen molar-refractivity contribution in [1.82, 2.24) is 0 Å². The summed E-state index contributed by atoms with van der Waals surface area (Å²) >= 11 is 0. The fourth-order valence-corrected chi connectivity index (χ4v) is 2.62. The summed E-state index contributed by atoms with van der Waals surface area (Å²) in [7, 11) is 0. The number of hydrogen-bond acceptors (Lipinski definition) is 1. The number of carbonyl (C=O) groups is 1. The van der Waals surface area contributed by atoms with Crippen LogP contribution in [0.4, 0.5) is 0 Å². The van der Waals surface area contributed by atoms with Gasteiger partial charge in [0.15, 0.2) is 0 Å². The fraction of sp³-hybridized carbons (Fsp3) is 0.938. The molecule has 1 N–H and O–H groups in total. The van der Waals surface area contributed by atoms with Crippen LogP contribution in [0.15, 0.2) is 0 Å². The summed E-state index contributed by atoms with van der Waals surface area (Å²) in [6, 6.07) is 0. The average molecular weight is 256 g/mol. The van der Waals surface area contributed by atoms with Gasteiger partial charge in [-0.1, -0.05) is 72.1 Å². The summed E-state index contributed by atoms with van der Waals surface area (Å²) in [5.74, 6) is -0.571. The van der Waals surface area contributed by atoms with E-state index in [4.69, 9.17) is 0 Å². The standard InChI is InChI=1S/C16H32O2/c1-4-7-9-11-13-16(6-3,15(17)18)14-12-10-8-5-2/h4-14H2,1-3H3,(H,17,18). The maximum Gasteiger partial charge on any atom is 0.309 e. The Morgan fingerprint density at radius 2 is 1.28 bits per heavy atom. The van der Waals surface area contributed by atoms with Crippen molar-refractivity contribution >= 4 is 5.97 Å². The van der Waals surface area contributed by atoms with Gasteiger partial charge in [0.1, 0.15) is 0 Å². The maximum atomic E-state index is 11.6. The lowest BCUT2D eigenvalue weighted by Gasteiger charge is -2.28. The van der Waals surface area contributed by atoms with Crippen LogP contribution in [0.2, 0.25) is 0 Å². The van der Waals surface area contributed by atoms with E-state index in [1.54, 1.807) is 0 Å². The number of aliphatic carboxylic acids is 1. The Morgan fingerprint density at radius 1 is 0.833 bits per heavy atom. The van der Waals surface area contributed by atoms with E-state index in [9.17, 15) is 9.90 Å². The van der Waals surface area contributed by atoms with Crippen molar-refractivity contribution in [3.05, 3.63) is 0 Å². The van der Waals surface area contributed by atoms with Gasteiger partial charge in [0.05, 0.1) is 5.41 Å². The molecule has 0 aliphatic rings. The molecule has 0 aliphatic heterocycles. The van der Waals surface area contributed by atoms with E-state index in [1.807, 2.05) is 6.92 Å². The van der Waals surface area contributed by atoms with Crippen LogP contribution in [0.5, 0.6) is 0 Å². The molecule has 0 bridgehead atoms. The molecule has 0 amide bonds. The summed E-state index contributed by atoms with van der Waals surface area (Å²) in [5, 5.41) is 9.54. The summed E-state index contributed by atoms with van der Waals surface area (Å²) in [6.45, 7) is 6.41. The van der Waals surface area contributed by atoms with Gasteiger partial charge >= 0.3 is 5.97 Å². The first-order valence-corrected chi connectivity index (χ1v) is 7.86. The normalized spacial score (nSPS) is 11.7. The predicted octanol–water partition coefficient (Wildman–Crippen LogP) is 5.41. The summed E-state index contributed by atoms with van der Waals surface area (Å²) in [5.41, 5.74) is -0.443. The molecule has 0 spiro atoms. The Balaban J connectivity index is 4.19. The highest BCUT2D eigenvalue weighted by Gasteiger charge is 2.35. The first-order chi connectivity index (χ1) is 8.63. The number of unbranched alkanes of at least 4 members (excludes halogenated alkanes) is 6. The molecular weight excluding hydrogens is 224 g/mol. The molecule has 0 fully saturated rings. The number of carboxylic acids is 1. The number of rotatable bonds is 12. The highest BCUT2D eigenvalue weighted by atomic mass is 16.4. The molecule has 0 rings (SSSR count). The Hall–Kier alpha value is -0.530. The highest BCUT2D eigenvalue weighted by molar-refractivity contribution is 5.74. The van der Waals surface area contributed by atoms with Crippen molar-refractivity contribution in [3.8, 4) is 0 Å². The van der Waals surface area contributed by atoms with Gasteiger partial charge in [-0.3, -0.25) is 4.79 Å². The van der Waals surface area contributed by atoms with E-state index >= 15 is 0 Å². The van der Waals surface area contributed by atoms with E-state index in [2.05, 4.69) is 13.8 Å². The summed E-state index contributed by atoms with van der Waals surface area (Å²) in [6.07, 6.45) is 11.9. The summed E-state index contributed by atoms with van der Waals surface area (Å²) in [4.78, 5) is 11.6. The monoisotopic (exact) mass is 256 g/mol. The van der Waals surface area contributed by atoms with Gasteiger partial charge in [0.2, 0.25) is 0 Å². The lowest BCUT2D eigenvalue weighted by Crippen LogP contribution is -2.30. The Labute approximate surface area is 113 Å². The Morgan fingerprint density at radius 3 is 1.56 bits per heavy atom. The van der Waals surface area contributed by atoms with Crippen LogP contribution in [-0.2, 0) is 4.79 Å². The third-order valence-corrected chi connectivity index (χ3v) is 4.15. The maximum absolute atomic E-state index is 11.6. The molecule has 0 saturated carbocycles. The van der Waals surface area contributed by atoms with Crippen LogP contribution < -0.4 is 0 Å². The van der Waals surface area contributed by atoms with Crippen LogP contribution in [-0.4, -0.2) is 11.1 Å². The zero-order valence-corrected chi connectivity index (χ0v) is 12.6. The largest absolute Gasteiger partial charge is 0.481 e. The van der Waals surface area contributed by atoms with Crippen LogP contribution in [0.3, 0.4) is 0 Å². The average Bonchev–Trinajstić information content (AvgIpc) is 2.37. The smallest absolute Gasteiger partial charge is 0.309 e. The molecule has 0 saturated heterocycles. The van der Waals surface area contributed by atoms with E-state index in [0.717, 1.165) is 32.1 Å². The third kappa shape index (κ3) is 6.42. The second-order valence-electron chi connectivity index (χ2n) is 5.56. The first kappa shape index (κ1) is 17.5. The van der Waals surface area contributed by atoms with Crippen LogP contribution in [0.25, 0.3) is 0 Å². The minimum atomic E-state index is -0.571. The van der Waals surface area contributed by atoms with E-state index < -0.39 is 11.4 Å². The van der Waals surface area contributed by atoms with E-state index in [0.29, 0.717) is 0 Å². The third-order valence-electron chi connectivity index (χ3n) is 4.15.